The van der Waals surface area contributed by atoms with E-state index in [2.05, 4.69) is 10.4 Å². The minimum absolute atomic E-state index is 0.112. The topological polar surface area (TPSA) is 97.4 Å². The van der Waals surface area contributed by atoms with Crippen LogP contribution in [0.2, 0.25) is 0 Å². The van der Waals surface area contributed by atoms with Gasteiger partial charge in [0.15, 0.2) is 11.2 Å². The van der Waals surface area contributed by atoms with Crippen LogP contribution in [0.1, 0.15) is 40.0 Å². The second-order valence-corrected chi connectivity index (χ2v) is 8.82. The Labute approximate surface area is 201 Å². The van der Waals surface area contributed by atoms with Gasteiger partial charge in [0, 0.05) is 29.2 Å². The second-order valence-electron chi connectivity index (χ2n) is 8.82. The van der Waals surface area contributed by atoms with E-state index >= 15 is 0 Å². The Kier molecular flexibility index (Phi) is 5.40. The maximum atomic E-state index is 13.5. The van der Waals surface area contributed by atoms with Crippen LogP contribution in [0.4, 0.5) is 5.69 Å². The molecule has 2 N–H and O–H groups in total. The first-order valence-electron chi connectivity index (χ1n) is 11.3. The summed E-state index contributed by atoms with van der Waals surface area (Å²) in [5.41, 5.74) is 4.74. The van der Waals surface area contributed by atoms with Gasteiger partial charge in [-0.1, -0.05) is 36.4 Å². The molecule has 35 heavy (non-hydrogen) atoms. The number of fused-ring (bicyclic) bond motifs is 2. The summed E-state index contributed by atoms with van der Waals surface area (Å²) in [6, 6.07) is 18.0. The average molecular weight is 468 g/mol. The molecule has 0 aliphatic carbocycles. The van der Waals surface area contributed by atoms with Crippen molar-refractivity contribution in [3.8, 4) is 11.5 Å². The monoisotopic (exact) mass is 467 g/mol. The smallest absolute Gasteiger partial charge is 0.337 e. The number of rotatable bonds is 5. The van der Waals surface area contributed by atoms with Gasteiger partial charge in [-0.25, -0.2) is 4.79 Å². The molecule has 0 bridgehead atoms. The number of para-hydroxylation sites is 2. The number of carbonyl (C=O) groups is 1. The summed E-state index contributed by atoms with van der Waals surface area (Å²) in [7, 11) is 1.86. The van der Waals surface area contributed by atoms with Crippen LogP contribution >= 0.6 is 0 Å². The number of benzene rings is 3. The molecule has 0 fully saturated rings. The molecule has 0 saturated carbocycles. The molecule has 0 saturated heterocycles. The Morgan fingerprint density at radius 3 is 2.54 bits per heavy atom. The van der Waals surface area contributed by atoms with Gasteiger partial charge in [-0.15, -0.1) is 0 Å². The predicted molar refractivity (Wildman–Crippen MR) is 137 cm³/mol. The first-order chi connectivity index (χ1) is 16.8. The van der Waals surface area contributed by atoms with Crippen LogP contribution in [0, 0.1) is 13.8 Å². The molecule has 1 atom stereocenters. The third-order valence-corrected chi connectivity index (χ3v) is 6.36. The first-order valence-corrected chi connectivity index (χ1v) is 11.3. The summed E-state index contributed by atoms with van der Waals surface area (Å²) in [5.74, 6) is -0.580. The maximum Gasteiger partial charge on any atom is 0.337 e. The van der Waals surface area contributed by atoms with E-state index in [9.17, 15) is 14.7 Å². The molecule has 0 unspecified atom stereocenters. The van der Waals surface area contributed by atoms with E-state index in [-0.39, 0.29) is 17.0 Å². The third kappa shape index (κ3) is 3.75. The minimum atomic E-state index is -1.01. The van der Waals surface area contributed by atoms with Crippen molar-refractivity contribution in [2.75, 3.05) is 5.32 Å². The van der Waals surface area contributed by atoms with Crippen molar-refractivity contribution in [3.05, 3.63) is 93.1 Å². The van der Waals surface area contributed by atoms with Crippen LogP contribution < -0.4 is 10.7 Å². The lowest BCUT2D eigenvalue weighted by molar-refractivity contribution is 0.0698. The Hall–Kier alpha value is -4.39. The van der Waals surface area contributed by atoms with Gasteiger partial charge in [0.1, 0.15) is 11.3 Å². The lowest BCUT2D eigenvalue weighted by Crippen LogP contribution is -2.14. The number of nitrogens with one attached hydrogen (secondary N) is 1. The Balaban J connectivity index is 1.72. The minimum Gasteiger partial charge on any atom is -0.478 e. The van der Waals surface area contributed by atoms with Crippen molar-refractivity contribution in [1.82, 2.24) is 9.78 Å². The summed E-state index contributed by atoms with van der Waals surface area (Å²) >= 11 is 0. The zero-order valence-corrected chi connectivity index (χ0v) is 19.9. The predicted octanol–water partition coefficient (Wildman–Crippen LogP) is 5.83. The number of hydrogen-bond acceptors (Lipinski definition) is 5. The fourth-order valence-electron chi connectivity index (χ4n) is 4.60. The van der Waals surface area contributed by atoms with Crippen molar-refractivity contribution in [2.24, 2.45) is 7.05 Å². The lowest BCUT2D eigenvalue weighted by Gasteiger charge is -2.19. The molecule has 176 valence electrons. The van der Waals surface area contributed by atoms with E-state index in [0.717, 1.165) is 22.0 Å². The normalized spacial score (nSPS) is 12.2. The van der Waals surface area contributed by atoms with E-state index in [1.54, 1.807) is 35.9 Å². The number of hydrogen-bond donors (Lipinski definition) is 2. The highest BCUT2D eigenvalue weighted by Gasteiger charge is 2.22. The number of aromatic nitrogens is 2. The highest BCUT2D eigenvalue weighted by molar-refractivity contribution is 5.95. The van der Waals surface area contributed by atoms with E-state index < -0.39 is 5.97 Å². The van der Waals surface area contributed by atoms with Gasteiger partial charge in [0.2, 0.25) is 0 Å². The Morgan fingerprint density at radius 2 is 1.77 bits per heavy atom. The van der Waals surface area contributed by atoms with Gasteiger partial charge in [0.25, 0.3) is 0 Å². The van der Waals surface area contributed by atoms with Crippen LogP contribution in [-0.4, -0.2) is 20.9 Å². The summed E-state index contributed by atoms with van der Waals surface area (Å²) in [4.78, 5) is 25.2. The molecule has 0 radical (unpaired) electrons. The summed E-state index contributed by atoms with van der Waals surface area (Å²) in [6.45, 7) is 5.61. The summed E-state index contributed by atoms with van der Waals surface area (Å²) in [5, 5.41) is 18.9. The standard InChI is InChI=1S/C28H25N3O4/c1-15-13-20(17(3)29-22-11-7-5-9-18(22)28(33)34)27-21(14-15)25(32)16(2)26(35-27)24-19-10-6-8-12-23(19)31(4)30-24/h5-14,17,29H,1-4H3,(H,33,34)/t17-/m1/s1. The number of carboxylic acid groups (broad SMARTS) is 1. The lowest BCUT2D eigenvalue weighted by atomic mass is 9.99. The van der Waals surface area contributed by atoms with E-state index in [4.69, 9.17) is 4.42 Å². The van der Waals surface area contributed by atoms with Gasteiger partial charge >= 0.3 is 5.97 Å². The largest absolute Gasteiger partial charge is 0.478 e. The summed E-state index contributed by atoms with van der Waals surface area (Å²) in [6.07, 6.45) is 0. The van der Waals surface area contributed by atoms with Gasteiger partial charge < -0.3 is 14.8 Å². The molecule has 7 nitrogen and oxygen atoms in total. The first kappa shape index (κ1) is 22.4. The molecule has 0 amide bonds. The van der Waals surface area contributed by atoms with Gasteiger partial charge in [-0.3, -0.25) is 9.48 Å². The molecule has 2 aromatic heterocycles. The molecule has 3 aromatic carbocycles. The number of aromatic carboxylic acids is 1. The number of anilines is 1. The van der Waals surface area contributed by atoms with Crippen molar-refractivity contribution in [1.29, 1.82) is 0 Å². The average Bonchev–Trinajstić information content (AvgIpc) is 3.17. The van der Waals surface area contributed by atoms with Crippen molar-refractivity contribution < 1.29 is 14.3 Å². The second kappa shape index (κ2) is 8.43. The molecule has 5 aromatic rings. The SMILES string of the molecule is Cc1cc([C@@H](C)Nc2ccccc2C(=O)O)c2oc(-c3nn(C)c4ccccc34)c(C)c(=O)c2c1. The molecule has 0 spiro atoms. The van der Waals surface area contributed by atoms with E-state index in [1.165, 1.54) is 0 Å². The molecule has 5 rings (SSSR count). The molecular formula is C28H25N3O4. The quantitative estimate of drug-likeness (QED) is 0.337. The van der Waals surface area contributed by atoms with E-state index in [0.29, 0.717) is 33.7 Å². The molecule has 0 aliphatic heterocycles. The van der Waals surface area contributed by atoms with Crippen molar-refractivity contribution in [3.63, 3.8) is 0 Å². The van der Waals surface area contributed by atoms with Gasteiger partial charge in [0.05, 0.1) is 22.5 Å². The van der Waals surface area contributed by atoms with Gasteiger partial charge in [-0.2, -0.15) is 5.10 Å². The van der Waals surface area contributed by atoms with E-state index in [1.807, 2.05) is 57.3 Å². The van der Waals surface area contributed by atoms with Gasteiger partial charge in [-0.05, 0) is 50.6 Å². The summed E-state index contributed by atoms with van der Waals surface area (Å²) < 4.78 is 8.25. The van der Waals surface area contributed by atoms with Crippen molar-refractivity contribution >= 4 is 33.5 Å². The molecule has 0 aliphatic rings. The highest BCUT2D eigenvalue weighted by atomic mass is 16.4. The Morgan fingerprint density at radius 1 is 1.06 bits per heavy atom. The fourth-order valence-corrected chi connectivity index (χ4v) is 4.60. The molecule has 2 heterocycles. The van der Waals surface area contributed by atoms with Crippen LogP contribution in [0.5, 0.6) is 0 Å². The maximum absolute atomic E-state index is 13.5. The Bertz CT molecular complexity index is 1680. The van der Waals surface area contributed by atoms with Crippen molar-refractivity contribution in [2.45, 2.75) is 26.8 Å². The third-order valence-electron chi connectivity index (χ3n) is 6.36. The number of nitrogens with zero attached hydrogens (tertiary/aromatic N) is 2. The zero-order chi connectivity index (χ0) is 24.9. The van der Waals surface area contributed by atoms with Crippen LogP contribution in [0.15, 0.2) is 69.9 Å². The number of aryl methyl sites for hydroxylation is 2. The number of carboxylic acids is 1. The molecular weight excluding hydrogens is 442 g/mol. The fraction of sp³-hybridized carbons (Fsp3) is 0.179. The zero-order valence-electron chi connectivity index (χ0n) is 19.9. The van der Waals surface area contributed by atoms with Crippen LogP contribution in [-0.2, 0) is 7.05 Å². The van der Waals surface area contributed by atoms with Crippen LogP contribution in [0.25, 0.3) is 33.3 Å². The molecule has 7 heteroatoms. The van der Waals surface area contributed by atoms with Crippen LogP contribution in [0.3, 0.4) is 0 Å². The highest BCUT2D eigenvalue weighted by Crippen LogP contribution is 2.34.